The number of Topliss-reactive ketones (excluding diaryl/α,β-unsaturated/α-hetero) is 1. The lowest BCUT2D eigenvalue weighted by molar-refractivity contribution is 0.0982. The molecule has 0 aliphatic heterocycles. The van der Waals surface area contributed by atoms with Crippen LogP contribution in [0.1, 0.15) is 35.7 Å². The first-order valence-electron chi connectivity index (χ1n) is 9.84. The van der Waals surface area contributed by atoms with Gasteiger partial charge in [-0.25, -0.2) is 4.39 Å². The number of anilines is 1. The van der Waals surface area contributed by atoms with E-state index in [2.05, 4.69) is 4.98 Å². The molecule has 156 valence electrons. The van der Waals surface area contributed by atoms with Gasteiger partial charge in [-0.15, -0.1) is 0 Å². The third kappa shape index (κ3) is 5.06. The molecule has 0 N–H and O–H groups in total. The van der Waals surface area contributed by atoms with Crippen molar-refractivity contribution in [2.75, 3.05) is 18.5 Å². The van der Waals surface area contributed by atoms with Gasteiger partial charge in [-0.1, -0.05) is 37.3 Å². The Balaban J connectivity index is 1.68. The fraction of sp³-hybridized carbons (Fsp3) is 0.250. The van der Waals surface area contributed by atoms with Crippen LogP contribution in [0.25, 0.3) is 11.1 Å². The van der Waals surface area contributed by atoms with Crippen LogP contribution in [-0.4, -0.2) is 24.4 Å². The molecule has 30 heavy (non-hydrogen) atoms. The van der Waals surface area contributed by atoms with Crippen molar-refractivity contribution in [2.24, 2.45) is 0 Å². The zero-order valence-corrected chi connectivity index (χ0v) is 17.0. The molecule has 3 nitrogen and oxygen atoms in total. The third-order valence-electron chi connectivity index (χ3n) is 4.97. The van der Waals surface area contributed by atoms with Crippen molar-refractivity contribution in [1.82, 2.24) is 4.98 Å². The van der Waals surface area contributed by atoms with Gasteiger partial charge in [0.2, 0.25) is 11.9 Å². The molecule has 0 radical (unpaired) electrons. The summed E-state index contributed by atoms with van der Waals surface area (Å²) in [6.07, 6.45) is 1.14. The summed E-state index contributed by atoms with van der Waals surface area (Å²) in [6.45, 7) is 2.81. The highest BCUT2D eigenvalue weighted by Gasteiger charge is 2.12. The maximum absolute atomic E-state index is 14.5. The van der Waals surface area contributed by atoms with E-state index in [-0.39, 0.29) is 30.0 Å². The molecule has 0 fully saturated rings. The summed E-state index contributed by atoms with van der Waals surface area (Å²) in [7, 11) is 1.86. The molecule has 1 aromatic heterocycles. The number of hydrogen-bond donors (Lipinski definition) is 0. The predicted octanol–water partition coefficient (Wildman–Crippen LogP) is 5.83. The Morgan fingerprint density at radius 2 is 1.67 bits per heavy atom. The Labute approximate surface area is 174 Å². The van der Waals surface area contributed by atoms with Gasteiger partial charge < -0.3 is 4.90 Å². The van der Waals surface area contributed by atoms with Gasteiger partial charge >= 0.3 is 0 Å². The first kappa shape index (κ1) is 21.6. The lowest BCUT2D eigenvalue weighted by Gasteiger charge is -2.19. The average molecular weight is 412 g/mol. The molecule has 0 atom stereocenters. The van der Waals surface area contributed by atoms with Crippen LogP contribution in [-0.2, 0) is 6.42 Å². The van der Waals surface area contributed by atoms with Crippen LogP contribution >= 0.6 is 0 Å². The minimum Gasteiger partial charge on any atom is -0.372 e. The van der Waals surface area contributed by atoms with Crippen molar-refractivity contribution < 1.29 is 18.0 Å². The predicted molar refractivity (Wildman–Crippen MR) is 112 cm³/mol. The Morgan fingerprint density at radius 3 is 2.30 bits per heavy atom. The number of ketones is 1. The van der Waals surface area contributed by atoms with Crippen molar-refractivity contribution in [3.8, 4) is 11.1 Å². The highest BCUT2D eigenvalue weighted by atomic mass is 19.1. The van der Waals surface area contributed by atoms with Crippen LogP contribution in [0.4, 0.5) is 18.9 Å². The average Bonchev–Trinajstić information content (AvgIpc) is 2.73. The zero-order valence-electron chi connectivity index (χ0n) is 17.0. The summed E-state index contributed by atoms with van der Waals surface area (Å²) in [5, 5.41) is 0. The Bertz CT molecular complexity index is 1040. The molecule has 1 heterocycles. The van der Waals surface area contributed by atoms with E-state index in [0.29, 0.717) is 11.3 Å². The molecule has 3 rings (SSSR count). The van der Waals surface area contributed by atoms with E-state index in [1.165, 1.54) is 12.1 Å². The van der Waals surface area contributed by atoms with Crippen LogP contribution in [0.5, 0.6) is 0 Å². The summed E-state index contributed by atoms with van der Waals surface area (Å²) in [4.78, 5) is 17.4. The summed E-state index contributed by atoms with van der Waals surface area (Å²) >= 11 is 0. The summed E-state index contributed by atoms with van der Waals surface area (Å²) in [6, 6.07) is 14.3. The van der Waals surface area contributed by atoms with Gasteiger partial charge in [0.25, 0.3) is 0 Å². The van der Waals surface area contributed by atoms with Crippen molar-refractivity contribution in [3.05, 3.63) is 83.4 Å². The van der Waals surface area contributed by atoms with E-state index < -0.39 is 11.9 Å². The molecule has 3 aromatic rings. The van der Waals surface area contributed by atoms with Crippen molar-refractivity contribution in [1.29, 1.82) is 0 Å². The van der Waals surface area contributed by atoms with E-state index >= 15 is 0 Å². The molecule has 0 amide bonds. The number of benzene rings is 2. The molecule has 0 saturated carbocycles. The molecule has 6 heteroatoms. The molecule has 0 aliphatic rings. The van der Waals surface area contributed by atoms with E-state index in [9.17, 15) is 18.0 Å². The SMILES string of the molecule is CCCN(C)c1ccc(-c2ccc(C(=O)CCc3ccc(F)nc3F)cc2)cc1F. The molecular formula is C24H23F3N2O. The van der Waals surface area contributed by atoms with Gasteiger partial charge in [0.1, 0.15) is 5.82 Å². The molecule has 0 spiro atoms. The first-order valence-corrected chi connectivity index (χ1v) is 9.84. The number of aryl methyl sites for hydroxylation is 1. The molecule has 0 bridgehead atoms. The molecular weight excluding hydrogens is 389 g/mol. The number of nitrogens with zero attached hydrogens (tertiary/aromatic N) is 2. The molecule has 0 saturated heterocycles. The van der Waals surface area contributed by atoms with Gasteiger partial charge in [0.15, 0.2) is 5.78 Å². The Hall–Kier alpha value is -3.15. The normalized spacial score (nSPS) is 10.8. The summed E-state index contributed by atoms with van der Waals surface area (Å²) in [5.74, 6) is -2.24. The van der Waals surface area contributed by atoms with E-state index in [1.54, 1.807) is 30.3 Å². The lowest BCUT2D eigenvalue weighted by atomic mass is 9.99. The van der Waals surface area contributed by atoms with Crippen LogP contribution < -0.4 is 4.90 Å². The topological polar surface area (TPSA) is 33.2 Å². The zero-order chi connectivity index (χ0) is 21.7. The second-order valence-corrected chi connectivity index (χ2v) is 7.17. The third-order valence-corrected chi connectivity index (χ3v) is 4.97. The van der Waals surface area contributed by atoms with Gasteiger partial charge in [0, 0.05) is 31.1 Å². The van der Waals surface area contributed by atoms with Crippen LogP contribution in [0.15, 0.2) is 54.6 Å². The Kier molecular flexibility index (Phi) is 6.87. The fourth-order valence-corrected chi connectivity index (χ4v) is 3.32. The van der Waals surface area contributed by atoms with Crippen LogP contribution in [0.2, 0.25) is 0 Å². The first-order chi connectivity index (χ1) is 14.4. The second kappa shape index (κ2) is 9.57. The molecule has 2 aromatic carbocycles. The number of rotatable bonds is 8. The number of carbonyl (C=O) groups is 1. The van der Waals surface area contributed by atoms with Crippen molar-refractivity contribution in [2.45, 2.75) is 26.2 Å². The minimum atomic E-state index is -0.895. The minimum absolute atomic E-state index is 0.0800. The Morgan fingerprint density at radius 1 is 0.967 bits per heavy atom. The molecule has 0 aliphatic carbocycles. The lowest BCUT2D eigenvalue weighted by Crippen LogP contribution is -2.18. The van der Waals surface area contributed by atoms with Crippen LogP contribution in [0, 0.1) is 17.7 Å². The number of halogens is 3. The van der Waals surface area contributed by atoms with E-state index in [1.807, 2.05) is 24.9 Å². The molecule has 0 unspecified atom stereocenters. The second-order valence-electron chi connectivity index (χ2n) is 7.17. The number of aromatic nitrogens is 1. The highest BCUT2D eigenvalue weighted by molar-refractivity contribution is 5.96. The summed E-state index contributed by atoms with van der Waals surface area (Å²) in [5.41, 5.74) is 2.75. The monoisotopic (exact) mass is 412 g/mol. The maximum Gasteiger partial charge on any atom is 0.218 e. The largest absolute Gasteiger partial charge is 0.372 e. The van der Waals surface area contributed by atoms with Gasteiger partial charge in [-0.05, 0) is 48.2 Å². The number of pyridine rings is 1. The van der Waals surface area contributed by atoms with E-state index in [0.717, 1.165) is 30.2 Å². The maximum atomic E-state index is 14.5. The quantitative estimate of drug-likeness (QED) is 0.345. The standard InChI is InChI=1S/C24H23F3N2O/c1-3-14-29(2)21-11-8-19(15-20(21)25)16-4-6-17(7-5-16)22(30)12-9-18-10-13-23(26)28-24(18)27/h4-8,10-11,13,15H,3,9,12,14H2,1-2H3. The number of hydrogen-bond acceptors (Lipinski definition) is 3. The van der Waals surface area contributed by atoms with Gasteiger partial charge in [-0.2, -0.15) is 13.8 Å². The smallest absolute Gasteiger partial charge is 0.218 e. The number of carbonyl (C=O) groups excluding carboxylic acids is 1. The van der Waals surface area contributed by atoms with Crippen molar-refractivity contribution in [3.63, 3.8) is 0 Å². The van der Waals surface area contributed by atoms with E-state index in [4.69, 9.17) is 0 Å². The fourth-order valence-electron chi connectivity index (χ4n) is 3.32. The van der Waals surface area contributed by atoms with Crippen molar-refractivity contribution >= 4 is 11.5 Å². The van der Waals surface area contributed by atoms with Gasteiger partial charge in [0.05, 0.1) is 5.69 Å². The summed E-state index contributed by atoms with van der Waals surface area (Å²) < 4.78 is 40.9. The van der Waals surface area contributed by atoms with Crippen LogP contribution in [0.3, 0.4) is 0 Å². The highest BCUT2D eigenvalue weighted by Crippen LogP contribution is 2.27. The van der Waals surface area contributed by atoms with Gasteiger partial charge in [-0.3, -0.25) is 4.79 Å².